The fourth-order valence-electron chi connectivity index (χ4n) is 1.86. The molecule has 2 unspecified atom stereocenters. The van der Waals surface area contributed by atoms with Gasteiger partial charge in [0, 0.05) is 13.6 Å². The molecule has 0 aromatic carbocycles. The Labute approximate surface area is 107 Å². The van der Waals surface area contributed by atoms with Gasteiger partial charge in [0.25, 0.3) is 0 Å². The lowest BCUT2D eigenvalue weighted by molar-refractivity contribution is 0.0336. The minimum atomic E-state index is 0.169. The van der Waals surface area contributed by atoms with Crippen molar-refractivity contribution >= 4 is 11.9 Å². The van der Waals surface area contributed by atoms with Crippen LogP contribution in [0.25, 0.3) is 0 Å². The van der Waals surface area contributed by atoms with Crippen LogP contribution in [0, 0.1) is 0 Å². The molecule has 100 valence electrons. The van der Waals surface area contributed by atoms with Crippen LogP contribution in [0.5, 0.6) is 6.01 Å². The molecule has 1 fully saturated rings. The number of nitrogens with one attached hydrogen (secondary N) is 1. The minimum Gasteiger partial charge on any atom is -0.467 e. The molecule has 7 nitrogen and oxygen atoms in total. The normalized spacial score (nSPS) is 23.9. The molecule has 1 aromatic rings. The third-order valence-electron chi connectivity index (χ3n) is 2.87. The zero-order valence-corrected chi connectivity index (χ0v) is 11.2. The molecule has 18 heavy (non-hydrogen) atoms. The molecule has 0 aliphatic carbocycles. The predicted molar refractivity (Wildman–Crippen MR) is 68.1 cm³/mol. The van der Waals surface area contributed by atoms with Crippen LogP contribution in [-0.4, -0.2) is 54.4 Å². The number of hydrogen-bond donors (Lipinski definition) is 1. The molecule has 2 atom stereocenters. The number of hydrogen-bond acceptors (Lipinski definition) is 7. The summed E-state index contributed by atoms with van der Waals surface area (Å²) in [5.74, 6) is 1.12. The third kappa shape index (κ3) is 2.61. The summed E-state index contributed by atoms with van der Waals surface area (Å²) in [4.78, 5) is 14.9. The molecule has 1 aliphatic heterocycles. The summed E-state index contributed by atoms with van der Waals surface area (Å²) in [5.41, 5.74) is 0. The van der Waals surface area contributed by atoms with Crippen molar-refractivity contribution in [1.29, 1.82) is 0 Å². The van der Waals surface area contributed by atoms with Gasteiger partial charge in [-0.2, -0.15) is 15.0 Å². The number of anilines is 2. The molecule has 1 aromatic heterocycles. The molecule has 0 saturated carbocycles. The fourth-order valence-corrected chi connectivity index (χ4v) is 1.86. The second-order valence-corrected chi connectivity index (χ2v) is 4.34. The summed E-state index contributed by atoms with van der Waals surface area (Å²) in [6.07, 6.45) is 0.169. The van der Waals surface area contributed by atoms with E-state index < -0.39 is 0 Å². The number of rotatable bonds is 3. The van der Waals surface area contributed by atoms with Crippen LogP contribution in [0.15, 0.2) is 0 Å². The maximum Gasteiger partial charge on any atom is 0.322 e. The van der Waals surface area contributed by atoms with Crippen molar-refractivity contribution in [3.05, 3.63) is 0 Å². The Bertz CT molecular complexity index is 392. The van der Waals surface area contributed by atoms with Crippen molar-refractivity contribution in [3.8, 4) is 6.01 Å². The minimum absolute atomic E-state index is 0.169. The molecule has 1 saturated heterocycles. The SMILES string of the molecule is CNc1nc(OC)nc(N2CC(C)OCC2C)n1. The lowest BCUT2D eigenvalue weighted by atomic mass is 10.2. The topological polar surface area (TPSA) is 72.4 Å². The number of aromatic nitrogens is 3. The van der Waals surface area contributed by atoms with Crippen LogP contribution in [0.2, 0.25) is 0 Å². The highest BCUT2D eigenvalue weighted by Gasteiger charge is 2.26. The average molecular weight is 253 g/mol. The van der Waals surface area contributed by atoms with E-state index in [0.717, 1.165) is 6.54 Å². The first-order valence-corrected chi connectivity index (χ1v) is 6.00. The van der Waals surface area contributed by atoms with Crippen LogP contribution in [0.1, 0.15) is 13.8 Å². The van der Waals surface area contributed by atoms with Crippen LogP contribution >= 0.6 is 0 Å². The average Bonchev–Trinajstić information content (AvgIpc) is 2.40. The van der Waals surface area contributed by atoms with Gasteiger partial charge in [0.15, 0.2) is 0 Å². The van der Waals surface area contributed by atoms with E-state index in [0.29, 0.717) is 24.5 Å². The van der Waals surface area contributed by atoms with Crippen LogP contribution in [-0.2, 0) is 4.74 Å². The van der Waals surface area contributed by atoms with Gasteiger partial charge in [0.05, 0.1) is 25.9 Å². The molecule has 0 radical (unpaired) electrons. The lowest BCUT2D eigenvalue weighted by Gasteiger charge is -2.36. The summed E-state index contributed by atoms with van der Waals surface area (Å²) in [5, 5.41) is 2.91. The smallest absolute Gasteiger partial charge is 0.322 e. The number of methoxy groups -OCH3 is 1. The number of morpholine rings is 1. The van der Waals surface area contributed by atoms with Crippen molar-refractivity contribution in [2.45, 2.75) is 26.0 Å². The van der Waals surface area contributed by atoms with Gasteiger partial charge in [-0.1, -0.05) is 0 Å². The predicted octanol–water partition coefficient (Wildman–Crippen LogP) is 0.535. The van der Waals surface area contributed by atoms with Crippen LogP contribution in [0.4, 0.5) is 11.9 Å². The van der Waals surface area contributed by atoms with Crippen molar-refractivity contribution in [3.63, 3.8) is 0 Å². The summed E-state index contributed by atoms with van der Waals surface area (Å²) in [7, 11) is 3.31. The van der Waals surface area contributed by atoms with E-state index in [2.05, 4.69) is 32.1 Å². The highest BCUT2D eigenvalue weighted by Crippen LogP contribution is 2.20. The Morgan fingerprint density at radius 1 is 1.33 bits per heavy atom. The Hall–Kier alpha value is -1.63. The maximum atomic E-state index is 5.60. The van der Waals surface area contributed by atoms with Gasteiger partial charge in [0.1, 0.15) is 0 Å². The van der Waals surface area contributed by atoms with Gasteiger partial charge in [-0.15, -0.1) is 0 Å². The zero-order chi connectivity index (χ0) is 13.1. The largest absolute Gasteiger partial charge is 0.467 e. The van der Waals surface area contributed by atoms with E-state index in [1.165, 1.54) is 0 Å². The first-order chi connectivity index (χ1) is 8.63. The van der Waals surface area contributed by atoms with Gasteiger partial charge in [-0.25, -0.2) is 0 Å². The van der Waals surface area contributed by atoms with Gasteiger partial charge in [0.2, 0.25) is 11.9 Å². The molecular weight excluding hydrogens is 234 g/mol. The van der Waals surface area contributed by atoms with Gasteiger partial charge in [-0.3, -0.25) is 0 Å². The lowest BCUT2D eigenvalue weighted by Crippen LogP contribution is -2.48. The molecule has 2 rings (SSSR count). The molecule has 0 bridgehead atoms. The van der Waals surface area contributed by atoms with Gasteiger partial charge >= 0.3 is 6.01 Å². The Kier molecular flexibility index (Phi) is 3.81. The van der Waals surface area contributed by atoms with E-state index in [9.17, 15) is 0 Å². The van der Waals surface area contributed by atoms with E-state index in [4.69, 9.17) is 9.47 Å². The number of nitrogens with zero attached hydrogens (tertiary/aromatic N) is 4. The second-order valence-electron chi connectivity index (χ2n) is 4.34. The van der Waals surface area contributed by atoms with Crippen molar-refractivity contribution in [2.24, 2.45) is 0 Å². The monoisotopic (exact) mass is 253 g/mol. The quantitative estimate of drug-likeness (QED) is 0.842. The van der Waals surface area contributed by atoms with E-state index in [-0.39, 0.29) is 12.1 Å². The Morgan fingerprint density at radius 3 is 2.78 bits per heavy atom. The molecule has 2 heterocycles. The molecule has 0 spiro atoms. The highest BCUT2D eigenvalue weighted by molar-refractivity contribution is 5.39. The molecule has 7 heteroatoms. The molecule has 1 N–H and O–H groups in total. The van der Waals surface area contributed by atoms with Crippen molar-refractivity contribution in [1.82, 2.24) is 15.0 Å². The van der Waals surface area contributed by atoms with E-state index >= 15 is 0 Å². The summed E-state index contributed by atoms with van der Waals surface area (Å²) in [6.45, 7) is 5.55. The Balaban J connectivity index is 2.30. The molecular formula is C11H19N5O2. The van der Waals surface area contributed by atoms with Crippen LogP contribution < -0.4 is 15.0 Å². The second kappa shape index (κ2) is 5.34. The first kappa shape index (κ1) is 12.8. The van der Waals surface area contributed by atoms with Gasteiger partial charge in [-0.05, 0) is 13.8 Å². The van der Waals surface area contributed by atoms with Crippen molar-refractivity contribution in [2.75, 3.05) is 37.5 Å². The molecule has 0 amide bonds. The summed E-state index contributed by atoms with van der Waals surface area (Å²) in [6, 6.07) is 0.550. The Morgan fingerprint density at radius 2 is 2.11 bits per heavy atom. The maximum absolute atomic E-state index is 5.60. The zero-order valence-electron chi connectivity index (χ0n) is 11.2. The van der Waals surface area contributed by atoms with E-state index in [1.54, 1.807) is 14.2 Å². The summed E-state index contributed by atoms with van der Waals surface area (Å²) >= 11 is 0. The van der Waals surface area contributed by atoms with Crippen LogP contribution in [0.3, 0.4) is 0 Å². The van der Waals surface area contributed by atoms with E-state index in [1.807, 2.05) is 6.92 Å². The third-order valence-corrected chi connectivity index (χ3v) is 2.87. The fraction of sp³-hybridized carbons (Fsp3) is 0.727. The summed E-state index contributed by atoms with van der Waals surface area (Å²) < 4.78 is 10.7. The first-order valence-electron chi connectivity index (χ1n) is 6.00. The van der Waals surface area contributed by atoms with Gasteiger partial charge < -0.3 is 19.7 Å². The molecule has 1 aliphatic rings. The standard InChI is InChI=1S/C11H19N5O2/c1-7-6-18-8(2)5-16(7)10-13-9(12-3)14-11(15-10)17-4/h7-8H,5-6H2,1-4H3,(H,12,13,14,15). The van der Waals surface area contributed by atoms with Crippen molar-refractivity contribution < 1.29 is 9.47 Å². The number of ether oxygens (including phenoxy) is 2. The highest BCUT2D eigenvalue weighted by atomic mass is 16.5.